The first kappa shape index (κ1) is 6.15. The van der Waals surface area contributed by atoms with Crippen LogP contribution in [-0.2, 0) is 0 Å². The summed E-state index contributed by atoms with van der Waals surface area (Å²) in [7, 11) is 0. The number of nitrogens with zero attached hydrogens (tertiary/aromatic N) is 3. The molecule has 0 aliphatic heterocycles. The van der Waals surface area contributed by atoms with Gasteiger partial charge in [-0.25, -0.2) is 0 Å². The van der Waals surface area contributed by atoms with E-state index < -0.39 is 0 Å². The van der Waals surface area contributed by atoms with Crippen molar-refractivity contribution in [3.63, 3.8) is 0 Å². The van der Waals surface area contributed by atoms with Gasteiger partial charge in [0, 0.05) is 11.5 Å². The second-order valence-corrected chi connectivity index (χ2v) is 1.92. The van der Waals surface area contributed by atoms with Gasteiger partial charge in [-0.3, -0.25) is 0 Å². The van der Waals surface area contributed by atoms with E-state index in [-0.39, 0.29) is 0 Å². The fourth-order valence-corrected chi connectivity index (χ4v) is 0.648. The molecule has 1 aromatic rings. The molecule has 0 saturated heterocycles. The van der Waals surface area contributed by atoms with Crippen molar-refractivity contribution in [1.29, 1.82) is 0 Å². The maximum absolute atomic E-state index is 4.96. The molecule has 48 valence electrons. The molecule has 0 bridgehead atoms. The van der Waals surface area contributed by atoms with Crippen molar-refractivity contribution in [2.75, 3.05) is 6.61 Å². The first-order valence-electron chi connectivity index (χ1n) is 2.32. The molecule has 0 aliphatic rings. The van der Waals surface area contributed by atoms with Crippen molar-refractivity contribution in [1.82, 2.24) is 14.8 Å². The maximum Gasteiger partial charge on any atom is 0.314 e. The number of ether oxygens (including phenoxy) is 1. The van der Waals surface area contributed by atoms with Gasteiger partial charge < -0.3 is 4.74 Å². The van der Waals surface area contributed by atoms with Crippen LogP contribution in [-0.4, -0.2) is 21.4 Å². The zero-order valence-electron chi connectivity index (χ0n) is 4.65. The van der Waals surface area contributed by atoms with Gasteiger partial charge in [-0.2, -0.15) is 0 Å². The molecule has 0 radical (unpaired) electrons. The topological polar surface area (TPSA) is 47.9 Å². The highest BCUT2D eigenvalue weighted by molar-refractivity contribution is 7.07. The van der Waals surface area contributed by atoms with Crippen molar-refractivity contribution in [2.24, 2.45) is 0 Å². The third-order valence-electron chi connectivity index (χ3n) is 0.606. The molecule has 1 aromatic heterocycles. The second-order valence-electron chi connectivity index (χ2n) is 1.23. The largest absolute Gasteiger partial charge is 0.464 e. The van der Waals surface area contributed by atoms with Gasteiger partial charge in [0.25, 0.3) is 0 Å². The van der Waals surface area contributed by atoms with E-state index in [1.165, 1.54) is 0 Å². The molecule has 0 spiro atoms. The fourth-order valence-electron chi connectivity index (χ4n) is 0.312. The molecule has 0 atom stereocenters. The van der Waals surface area contributed by atoms with Gasteiger partial charge in [0.2, 0.25) is 0 Å². The lowest BCUT2D eigenvalue weighted by Crippen LogP contribution is -1.91. The highest BCUT2D eigenvalue weighted by Crippen LogP contribution is 2.06. The molecule has 0 N–H and O–H groups in total. The summed E-state index contributed by atoms with van der Waals surface area (Å²) in [6.45, 7) is 3.93. The molecule has 0 fully saturated rings. The van der Waals surface area contributed by atoms with Gasteiger partial charge in [0.15, 0.2) is 0 Å². The van der Waals surface area contributed by atoms with Crippen LogP contribution in [0.1, 0.15) is 0 Å². The lowest BCUT2D eigenvalue weighted by atomic mass is 10.7. The highest BCUT2D eigenvalue weighted by atomic mass is 32.1. The second kappa shape index (κ2) is 3.13. The summed E-state index contributed by atoms with van der Waals surface area (Å²) in [4.78, 5) is 0. The van der Waals surface area contributed by atoms with Crippen LogP contribution in [0.3, 0.4) is 0 Å². The Morgan fingerprint density at radius 3 is 3.22 bits per heavy atom. The van der Waals surface area contributed by atoms with E-state index in [0.717, 1.165) is 11.5 Å². The average Bonchev–Trinajstić information content (AvgIpc) is 2.34. The molecule has 1 heterocycles. The quantitative estimate of drug-likeness (QED) is 0.578. The number of hydrogen-bond acceptors (Lipinski definition) is 5. The summed E-state index contributed by atoms with van der Waals surface area (Å²) >= 11 is 1.12. The van der Waals surface area contributed by atoms with Crippen LogP contribution in [0.5, 0.6) is 5.19 Å². The SMILES string of the molecule is C=CCOc1nnns1. The Kier molecular flexibility index (Phi) is 2.14. The van der Waals surface area contributed by atoms with Crippen LogP contribution in [0.2, 0.25) is 0 Å². The zero-order valence-corrected chi connectivity index (χ0v) is 5.47. The van der Waals surface area contributed by atoms with Gasteiger partial charge in [-0.1, -0.05) is 22.2 Å². The van der Waals surface area contributed by atoms with Crippen LogP contribution in [0.15, 0.2) is 12.7 Å². The summed E-state index contributed by atoms with van der Waals surface area (Å²) in [5, 5.41) is 7.36. The fraction of sp³-hybridized carbons (Fsp3) is 0.250. The molecule has 1 rings (SSSR count). The van der Waals surface area contributed by atoms with Gasteiger partial charge in [-0.05, 0) is 5.21 Å². The van der Waals surface area contributed by atoms with Crippen molar-refractivity contribution in [3.05, 3.63) is 12.7 Å². The first-order chi connectivity index (χ1) is 4.43. The Morgan fingerprint density at radius 1 is 1.78 bits per heavy atom. The average molecular weight is 143 g/mol. The van der Waals surface area contributed by atoms with Crippen molar-refractivity contribution < 1.29 is 4.74 Å². The van der Waals surface area contributed by atoms with E-state index in [4.69, 9.17) is 4.74 Å². The molecule has 0 unspecified atom stereocenters. The Labute approximate surface area is 56.3 Å². The van der Waals surface area contributed by atoms with Gasteiger partial charge >= 0.3 is 5.19 Å². The molecular weight excluding hydrogens is 138 g/mol. The molecule has 4 nitrogen and oxygen atoms in total. The third-order valence-corrected chi connectivity index (χ3v) is 1.12. The summed E-state index contributed by atoms with van der Waals surface area (Å²) in [6.07, 6.45) is 1.64. The Bertz CT molecular complexity index is 174. The van der Waals surface area contributed by atoms with Crippen LogP contribution in [0, 0.1) is 0 Å². The van der Waals surface area contributed by atoms with E-state index >= 15 is 0 Å². The van der Waals surface area contributed by atoms with Gasteiger partial charge in [0.1, 0.15) is 6.61 Å². The van der Waals surface area contributed by atoms with E-state index in [1.54, 1.807) is 6.08 Å². The van der Waals surface area contributed by atoms with E-state index in [0.29, 0.717) is 11.8 Å². The minimum Gasteiger partial charge on any atom is -0.464 e. The number of rotatable bonds is 3. The van der Waals surface area contributed by atoms with Crippen LogP contribution >= 0.6 is 11.5 Å². The summed E-state index contributed by atoms with van der Waals surface area (Å²) in [5.41, 5.74) is 0. The molecule has 5 heteroatoms. The third kappa shape index (κ3) is 1.77. The van der Waals surface area contributed by atoms with E-state index in [2.05, 4.69) is 21.4 Å². The first-order valence-corrected chi connectivity index (χ1v) is 3.09. The van der Waals surface area contributed by atoms with E-state index in [1.807, 2.05) is 0 Å². The van der Waals surface area contributed by atoms with Gasteiger partial charge in [0.05, 0.1) is 0 Å². The Morgan fingerprint density at radius 2 is 2.67 bits per heavy atom. The molecule has 0 aromatic carbocycles. The number of aromatic nitrogens is 3. The summed E-state index contributed by atoms with van der Waals surface area (Å²) < 4.78 is 8.46. The van der Waals surface area contributed by atoms with Crippen molar-refractivity contribution in [3.8, 4) is 5.19 Å². The molecule has 9 heavy (non-hydrogen) atoms. The molecule has 0 aliphatic carbocycles. The Balaban J connectivity index is 2.38. The lowest BCUT2D eigenvalue weighted by Gasteiger charge is -1.90. The van der Waals surface area contributed by atoms with Crippen molar-refractivity contribution >= 4 is 11.5 Å². The smallest absolute Gasteiger partial charge is 0.314 e. The van der Waals surface area contributed by atoms with Crippen LogP contribution in [0.25, 0.3) is 0 Å². The van der Waals surface area contributed by atoms with Crippen molar-refractivity contribution in [2.45, 2.75) is 0 Å². The van der Waals surface area contributed by atoms with Crippen LogP contribution < -0.4 is 4.74 Å². The minimum atomic E-state index is 0.455. The molecule has 0 saturated carbocycles. The zero-order chi connectivity index (χ0) is 6.53. The van der Waals surface area contributed by atoms with Crippen LogP contribution in [0.4, 0.5) is 0 Å². The monoisotopic (exact) mass is 143 g/mol. The van der Waals surface area contributed by atoms with Gasteiger partial charge in [-0.15, -0.1) is 0 Å². The molecule has 0 amide bonds. The standard InChI is InChI=1S/C4H5N3OS/c1-2-3-8-4-5-6-7-9-4/h2H,1,3H2. The number of hydrogen-bond donors (Lipinski definition) is 0. The maximum atomic E-state index is 4.96. The minimum absolute atomic E-state index is 0.455. The predicted molar refractivity (Wildman–Crippen MR) is 33.4 cm³/mol. The molecular formula is C4H5N3OS. The Hall–Kier alpha value is -0.970. The normalized spacial score (nSPS) is 8.89. The lowest BCUT2D eigenvalue weighted by molar-refractivity contribution is 0.357. The summed E-state index contributed by atoms with van der Waals surface area (Å²) in [5.74, 6) is 0. The predicted octanol–water partition coefficient (Wildman–Crippen LogP) is 0.498. The summed E-state index contributed by atoms with van der Waals surface area (Å²) in [6, 6.07) is 0. The van der Waals surface area contributed by atoms with E-state index in [9.17, 15) is 0 Å². The highest BCUT2D eigenvalue weighted by Gasteiger charge is 1.93.